The summed E-state index contributed by atoms with van der Waals surface area (Å²) in [6, 6.07) is 12.6. The van der Waals surface area contributed by atoms with Crippen molar-refractivity contribution >= 4 is 23.3 Å². The molecule has 0 amide bonds. The summed E-state index contributed by atoms with van der Waals surface area (Å²) in [4.78, 5) is 15.5. The topological polar surface area (TPSA) is 49.7 Å². The molecule has 20 heavy (non-hydrogen) atoms. The number of benzene rings is 2. The lowest BCUT2D eigenvalue weighted by atomic mass is 9.93. The second-order valence-corrected chi connectivity index (χ2v) is 5.10. The van der Waals surface area contributed by atoms with Gasteiger partial charge >= 0.3 is 5.97 Å². The van der Waals surface area contributed by atoms with Crippen LogP contribution in [0.25, 0.3) is 0 Å². The number of aromatic carboxylic acids is 1. The molecule has 0 radical (unpaired) electrons. The van der Waals surface area contributed by atoms with Gasteiger partial charge in [0.05, 0.1) is 11.3 Å². The maximum atomic E-state index is 10.9. The molecule has 1 aliphatic heterocycles. The van der Waals surface area contributed by atoms with Crippen molar-refractivity contribution in [1.29, 1.82) is 0 Å². The third-order valence-electron chi connectivity index (χ3n) is 3.38. The largest absolute Gasteiger partial charge is 0.478 e. The summed E-state index contributed by atoms with van der Waals surface area (Å²) in [6.45, 7) is 0.741. The molecule has 0 saturated carbocycles. The van der Waals surface area contributed by atoms with Crippen molar-refractivity contribution in [3.8, 4) is 0 Å². The Morgan fingerprint density at radius 1 is 1.15 bits per heavy atom. The number of fused-ring (bicyclic) bond motifs is 1. The second-order valence-electron chi connectivity index (χ2n) is 4.66. The van der Waals surface area contributed by atoms with Crippen molar-refractivity contribution in [3.63, 3.8) is 0 Å². The van der Waals surface area contributed by atoms with Gasteiger partial charge in [-0.2, -0.15) is 0 Å². The summed E-state index contributed by atoms with van der Waals surface area (Å²) < 4.78 is 0. The minimum Gasteiger partial charge on any atom is -0.478 e. The molecule has 0 fully saturated rings. The summed E-state index contributed by atoms with van der Waals surface area (Å²) in [6.07, 6.45) is 0.906. The summed E-state index contributed by atoms with van der Waals surface area (Å²) in [7, 11) is 0. The average molecular weight is 286 g/mol. The minimum absolute atomic E-state index is 0.275. The summed E-state index contributed by atoms with van der Waals surface area (Å²) >= 11 is 6.06. The van der Waals surface area contributed by atoms with Gasteiger partial charge in [-0.05, 0) is 36.2 Å². The normalized spacial score (nSPS) is 13.6. The van der Waals surface area contributed by atoms with E-state index in [4.69, 9.17) is 16.7 Å². The zero-order valence-corrected chi connectivity index (χ0v) is 11.4. The maximum Gasteiger partial charge on any atom is 0.335 e. The van der Waals surface area contributed by atoms with E-state index in [-0.39, 0.29) is 5.56 Å². The second kappa shape index (κ2) is 5.10. The Balaban J connectivity index is 2.05. The van der Waals surface area contributed by atoms with Crippen LogP contribution >= 0.6 is 11.6 Å². The van der Waals surface area contributed by atoms with E-state index in [2.05, 4.69) is 4.99 Å². The van der Waals surface area contributed by atoms with Crippen molar-refractivity contribution in [2.45, 2.75) is 6.42 Å². The molecule has 1 heterocycles. The molecule has 1 N–H and O–H groups in total. The highest BCUT2D eigenvalue weighted by Gasteiger charge is 2.16. The van der Waals surface area contributed by atoms with Crippen molar-refractivity contribution in [1.82, 2.24) is 0 Å². The van der Waals surface area contributed by atoms with Crippen molar-refractivity contribution in [2.75, 3.05) is 6.54 Å². The molecule has 1 aliphatic rings. The molecule has 0 aromatic heterocycles. The Morgan fingerprint density at radius 2 is 1.90 bits per heavy atom. The summed E-state index contributed by atoms with van der Waals surface area (Å²) in [5, 5.41) is 9.61. The van der Waals surface area contributed by atoms with Gasteiger partial charge in [0.15, 0.2) is 0 Å². The van der Waals surface area contributed by atoms with Gasteiger partial charge in [0.1, 0.15) is 0 Å². The predicted octanol–water partition coefficient (Wildman–Crippen LogP) is 3.43. The number of hydrogen-bond donors (Lipinski definition) is 1. The van der Waals surface area contributed by atoms with Gasteiger partial charge in [-0.25, -0.2) is 4.79 Å². The first-order valence-electron chi connectivity index (χ1n) is 6.32. The fourth-order valence-corrected chi connectivity index (χ4v) is 2.55. The number of carboxylic acids is 1. The Morgan fingerprint density at radius 3 is 2.60 bits per heavy atom. The lowest BCUT2D eigenvalue weighted by Gasteiger charge is -2.17. The Kier molecular flexibility index (Phi) is 3.28. The van der Waals surface area contributed by atoms with Crippen LogP contribution in [0.15, 0.2) is 47.5 Å². The third kappa shape index (κ3) is 2.32. The molecule has 0 aliphatic carbocycles. The van der Waals surface area contributed by atoms with Crippen LogP contribution in [0.2, 0.25) is 5.02 Å². The van der Waals surface area contributed by atoms with Gasteiger partial charge in [0, 0.05) is 22.7 Å². The summed E-state index contributed by atoms with van der Waals surface area (Å²) in [5.74, 6) is -0.925. The molecule has 0 unspecified atom stereocenters. The first kappa shape index (κ1) is 12.9. The zero-order chi connectivity index (χ0) is 14.1. The van der Waals surface area contributed by atoms with E-state index in [1.807, 2.05) is 18.2 Å². The van der Waals surface area contributed by atoms with E-state index in [0.29, 0.717) is 5.02 Å². The van der Waals surface area contributed by atoms with E-state index in [1.54, 1.807) is 24.3 Å². The number of aliphatic imine (C=N–C) groups is 1. The summed E-state index contributed by atoms with van der Waals surface area (Å²) in [5.41, 5.74) is 4.33. The van der Waals surface area contributed by atoms with Crippen molar-refractivity contribution < 1.29 is 9.90 Å². The first-order valence-corrected chi connectivity index (χ1v) is 6.70. The number of nitrogens with zero attached hydrogens (tertiary/aromatic N) is 1. The van der Waals surface area contributed by atoms with E-state index >= 15 is 0 Å². The standard InChI is InChI=1S/C16H12ClNO2/c17-13-6-5-10-7-8-18-15(14(10)9-13)11-1-3-12(4-2-11)16(19)20/h1-6,9H,7-8H2,(H,19,20). The minimum atomic E-state index is -0.925. The number of carbonyl (C=O) groups is 1. The molecule has 0 spiro atoms. The van der Waals surface area contributed by atoms with Crippen molar-refractivity contribution in [3.05, 3.63) is 69.7 Å². The molecule has 100 valence electrons. The number of halogens is 1. The fraction of sp³-hybridized carbons (Fsp3) is 0.125. The highest BCUT2D eigenvalue weighted by molar-refractivity contribution is 6.31. The van der Waals surface area contributed by atoms with Crippen LogP contribution in [-0.2, 0) is 6.42 Å². The van der Waals surface area contributed by atoms with E-state index in [1.165, 1.54) is 5.56 Å². The van der Waals surface area contributed by atoms with Crippen LogP contribution in [0.4, 0.5) is 0 Å². The highest BCUT2D eigenvalue weighted by Crippen LogP contribution is 2.24. The molecule has 2 aromatic carbocycles. The number of rotatable bonds is 2. The quantitative estimate of drug-likeness (QED) is 0.919. The van der Waals surface area contributed by atoms with Gasteiger partial charge < -0.3 is 5.11 Å². The Bertz CT molecular complexity index is 705. The van der Waals surface area contributed by atoms with Gasteiger partial charge in [0.25, 0.3) is 0 Å². The molecule has 2 aromatic rings. The molecule has 3 rings (SSSR count). The zero-order valence-electron chi connectivity index (χ0n) is 10.6. The van der Waals surface area contributed by atoms with Crippen LogP contribution in [-0.4, -0.2) is 23.3 Å². The number of hydrogen-bond acceptors (Lipinski definition) is 2. The van der Waals surface area contributed by atoms with Crippen LogP contribution in [0, 0.1) is 0 Å². The van der Waals surface area contributed by atoms with Gasteiger partial charge in [0.2, 0.25) is 0 Å². The SMILES string of the molecule is O=C(O)c1ccc(C2=NCCc3ccc(Cl)cc32)cc1. The molecular weight excluding hydrogens is 274 g/mol. The molecular formula is C16H12ClNO2. The fourth-order valence-electron chi connectivity index (χ4n) is 2.38. The van der Waals surface area contributed by atoms with E-state index in [0.717, 1.165) is 29.8 Å². The molecule has 4 heteroatoms. The van der Waals surface area contributed by atoms with Crippen LogP contribution < -0.4 is 0 Å². The van der Waals surface area contributed by atoms with E-state index < -0.39 is 5.97 Å². The van der Waals surface area contributed by atoms with Crippen LogP contribution in [0.3, 0.4) is 0 Å². The van der Waals surface area contributed by atoms with Crippen molar-refractivity contribution in [2.24, 2.45) is 4.99 Å². The maximum absolute atomic E-state index is 10.9. The Hall–Kier alpha value is -2.13. The number of carboxylic acid groups (broad SMARTS) is 1. The molecule has 3 nitrogen and oxygen atoms in total. The monoisotopic (exact) mass is 285 g/mol. The smallest absolute Gasteiger partial charge is 0.335 e. The van der Waals surface area contributed by atoms with Gasteiger partial charge in [-0.15, -0.1) is 0 Å². The van der Waals surface area contributed by atoms with E-state index in [9.17, 15) is 4.79 Å². The highest BCUT2D eigenvalue weighted by atomic mass is 35.5. The van der Waals surface area contributed by atoms with Crippen LogP contribution in [0.5, 0.6) is 0 Å². The van der Waals surface area contributed by atoms with Gasteiger partial charge in [-0.1, -0.05) is 29.8 Å². The average Bonchev–Trinajstić information content (AvgIpc) is 2.46. The molecule has 0 saturated heterocycles. The lowest BCUT2D eigenvalue weighted by molar-refractivity contribution is 0.0697. The van der Waals surface area contributed by atoms with Crippen LogP contribution in [0.1, 0.15) is 27.0 Å². The molecule has 0 atom stereocenters. The molecule has 0 bridgehead atoms. The lowest BCUT2D eigenvalue weighted by Crippen LogP contribution is -2.14. The Labute approximate surface area is 121 Å². The predicted molar refractivity (Wildman–Crippen MR) is 79.1 cm³/mol. The first-order chi connectivity index (χ1) is 9.65. The third-order valence-corrected chi connectivity index (χ3v) is 3.62. The van der Waals surface area contributed by atoms with Gasteiger partial charge in [-0.3, -0.25) is 4.99 Å².